The summed E-state index contributed by atoms with van der Waals surface area (Å²) in [6, 6.07) is 14.7. The second-order valence-electron chi connectivity index (χ2n) is 5.45. The Hall–Kier alpha value is -1.91. The third-order valence-electron chi connectivity index (χ3n) is 3.58. The Morgan fingerprint density at radius 1 is 1.23 bits per heavy atom. The number of nitrogens with one attached hydrogen (secondary N) is 1. The fourth-order valence-corrected chi connectivity index (χ4v) is 2.42. The summed E-state index contributed by atoms with van der Waals surface area (Å²) in [6.07, 6.45) is 1.49. The number of aliphatic hydroxyl groups excluding tert-OH is 1. The molecule has 0 aliphatic carbocycles. The van der Waals surface area contributed by atoms with E-state index in [0.717, 1.165) is 12.8 Å². The highest BCUT2D eigenvalue weighted by Gasteiger charge is 2.06. The summed E-state index contributed by atoms with van der Waals surface area (Å²) in [4.78, 5) is 11.7. The standard InChI is InChI=1S/C18H23NO3/c1-22-13-17(20)12-19-18(21)8-4-5-14-9-10-15-6-2-3-7-16(15)11-14/h2-3,6-7,9-11,17,20H,4-5,8,12-13H2,1H3,(H,19,21). The van der Waals surface area contributed by atoms with Crippen LogP contribution in [0.25, 0.3) is 10.8 Å². The molecule has 0 heterocycles. The molecule has 1 amide bonds. The van der Waals surface area contributed by atoms with E-state index in [-0.39, 0.29) is 19.1 Å². The van der Waals surface area contributed by atoms with Crippen LogP contribution in [0.3, 0.4) is 0 Å². The topological polar surface area (TPSA) is 58.6 Å². The highest BCUT2D eigenvalue weighted by atomic mass is 16.5. The second kappa shape index (κ2) is 8.51. The van der Waals surface area contributed by atoms with Crippen LogP contribution < -0.4 is 5.32 Å². The number of aryl methyl sites for hydroxylation is 1. The molecule has 0 aromatic heterocycles. The molecule has 22 heavy (non-hydrogen) atoms. The number of benzene rings is 2. The fraction of sp³-hybridized carbons (Fsp3) is 0.389. The van der Waals surface area contributed by atoms with Crippen LogP contribution in [0.15, 0.2) is 42.5 Å². The van der Waals surface area contributed by atoms with Crippen molar-refractivity contribution >= 4 is 16.7 Å². The molecule has 0 bridgehead atoms. The number of ether oxygens (including phenoxy) is 1. The molecule has 0 saturated heterocycles. The van der Waals surface area contributed by atoms with E-state index < -0.39 is 6.10 Å². The summed E-state index contributed by atoms with van der Waals surface area (Å²) in [5.74, 6) is -0.0315. The SMILES string of the molecule is COCC(O)CNC(=O)CCCc1ccc2ccccc2c1. The van der Waals surface area contributed by atoms with Crippen molar-refractivity contribution in [1.82, 2.24) is 5.32 Å². The summed E-state index contributed by atoms with van der Waals surface area (Å²) < 4.78 is 4.81. The van der Waals surface area contributed by atoms with Crippen LogP contribution in [0, 0.1) is 0 Å². The summed E-state index contributed by atoms with van der Waals surface area (Å²) in [5.41, 5.74) is 1.24. The van der Waals surface area contributed by atoms with Gasteiger partial charge in [-0.15, -0.1) is 0 Å². The Bertz CT molecular complexity index is 612. The first-order valence-electron chi connectivity index (χ1n) is 7.60. The number of rotatable bonds is 8. The van der Waals surface area contributed by atoms with Gasteiger partial charge in [-0.3, -0.25) is 4.79 Å². The zero-order valence-electron chi connectivity index (χ0n) is 12.9. The fourth-order valence-electron chi connectivity index (χ4n) is 2.42. The van der Waals surface area contributed by atoms with Crippen molar-refractivity contribution in [3.63, 3.8) is 0 Å². The van der Waals surface area contributed by atoms with Gasteiger partial charge in [-0.25, -0.2) is 0 Å². The third-order valence-corrected chi connectivity index (χ3v) is 3.58. The molecule has 2 N–H and O–H groups in total. The predicted octanol–water partition coefficient (Wildman–Crippen LogP) is 2.29. The van der Waals surface area contributed by atoms with Gasteiger partial charge in [0, 0.05) is 20.1 Å². The minimum atomic E-state index is -0.644. The molecule has 0 fully saturated rings. The maximum absolute atomic E-state index is 11.7. The van der Waals surface area contributed by atoms with Crippen LogP contribution in [0.4, 0.5) is 0 Å². The molecule has 2 aromatic rings. The Kier molecular flexibility index (Phi) is 6.37. The van der Waals surface area contributed by atoms with Crippen molar-refractivity contribution in [2.75, 3.05) is 20.3 Å². The highest BCUT2D eigenvalue weighted by molar-refractivity contribution is 5.83. The lowest BCUT2D eigenvalue weighted by Gasteiger charge is -2.10. The van der Waals surface area contributed by atoms with E-state index in [9.17, 15) is 9.90 Å². The number of hydrogen-bond donors (Lipinski definition) is 2. The molecular weight excluding hydrogens is 278 g/mol. The van der Waals surface area contributed by atoms with Crippen LogP contribution in [0.2, 0.25) is 0 Å². The first kappa shape index (κ1) is 16.5. The average Bonchev–Trinajstić information content (AvgIpc) is 2.53. The lowest BCUT2D eigenvalue weighted by molar-refractivity contribution is -0.121. The Labute approximate surface area is 131 Å². The zero-order chi connectivity index (χ0) is 15.8. The molecule has 4 heteroatoms. The molecular formula is C18H23NO3. The largest absolute Gasteiger partial charge is 0.389 e. The Balaban J connectivity index is 1.74. The van der Waals surface area contributed by atoms with E-state index in [2.05, 4.69) is 35.6 Å². The van der Waals surface area contributed by atoms with E-state index in [4.69, 9.17) is 4.74 Å². The van der Waals surface area contributed by atoms with Gasteiger partial charge in [0.1, 0.15) is 0 Å². The molecule has 0 aliphatic heterocycles. The summed E-state index contributed by atoms with van der Waals surface area (Å²) in [7, 11) is 1.52. The minimum absolute atomic E-state index is 0.0315. The number of fused-ring (bicyclic) bond motifs is 1. The van der Waals surface area contributed by atoms with Gasteiger partial charge >= 0.3 is 0 Å². The molecule has 118 valence electrons. The van der Waals surface area contributed by atoms with E-state index in [1.54, 1.807) is 0 Å². The maximum atomic E-state index is 11.7. The highest BCUT2D eigenvalue weighted by Crippen LogP contribution is 2.16. The van der Waals surface area contributed by atoms with Gasteiger partial charge in [-0.1, -0.05) is 42.5 Å². The second-order valence-corrected chi connectivity index (χ2v) is 5.45. The van der Waals surface area contributed by atoms with Gasteiger partial charge in [-0.05, 0) is 29.2 Å². The molecule has 1 atom stereocenters. The lowest BCUT2D eigenvalue weighted by atomic mass is 10.0. The van der Waals surface area contributed by atoms with Crippen LogP contribution >= 0.6 is 0 Å². The lowest BCUT2D eigenvalue weighted by Crippen LogP contribution is -2.34. The van der Waals surface area contributed by atoms with Gasteiger partial charge in [0.2, 0.25) is 5.91 Å². The monoisotopic (exact) mass is 301 g/mol. The van der Waals surface area contributed by atoms with E-state index in [1.165, 1.54) is 23.4 Å². The van der Waals surface area contributed by atoms with Crippen LogP contribution in [0.1, 0.15) is 18.4 Å². The normalized spacial score (nSPS) is 12.3. The van der Waals surface area contributed by atoms with Crippen molar-refractivity contribution in [3.8, 4) is 0 Å². The smallest absolute Gasteiger partial charge is 0.220 e. The number of carbonyl (C=O) groups is 1. The Morgan fingerprint density at radius 3 is 2.77 bits per heavy atom. The quantitative estimate of drug-likeness (QED) is 0.786. The molecule has 0 aliphatic rings. The van der Waals surface area contributed by atoms with Crippen LogP contribution in [-0.4, -0.2) is 37.4 Å². The number of amides is 1. The van der Waals surface area contributed by atoms with Crippen LogP contribution in [0.5, 0.6) is 0 Å². The predicted molar refractivity (Wildman–Crippen MR) is 87.8 cm³/mol. The van der Waals surface area contributed by atoms with E-state index in [1.807, 2.05) is 12.1 Å². The summed E-state index contributed by atoms with van der Waals surface area (Å²) >= 11 is 0. The number of carbonyl (C=O) groups excluding carboxylic acids is 1. The number of hydrogen-bond acceptors (Lipinski definition) is 3. The van der Waals surface area contributed by atoms with Crippen LogP contribution in [-0.2, 0) is 16.0 Å². The van der Waals surface area contributed by atoms with Crippen molar-refractivity contribution in [1.29, 1.82) is 0 Å². The summed E-state index contributed by atoms with van der Waals surface area (Å²) in [6.45, 7) is 0.472. The van der Waals surface area contributed by atoms with Crippen molar-refractivity contribution in [3.05, 3.63) is 48.0 Å². The van der Waals surface area contributed by atoms with Gasteiger partial charge in [0.25, 0.3) is 0 Å². The average molecular weight is 301 g/mol. The molecule has 0 saturated carbocycles. The first-order chi connectivity index (χ1) is 10.7. The van der Waals surface area contributed by atoms with Gasteiger partial charge in [-0.2, -0.15) is 0 Å². The van der Waals surface area contributed by atoms with E-state index in [0.29, 0.717) is 6.42 Å². The van der Waals surface area contributed by atoms with E-state index >= 15 is 0 Å². The minimum Gasteiger partial charge on any atom is -0.389 e. The molecule has 2 rings (SSSR count). The van der Waals surface area contributed by atoms with Gasteiger partial charge in [0.05, 0.1) is 12.7 Å². The Morgan fingerprint density at radius 2 is 2.00 bits per heavy atom. The van der Waals surface area contributed by atoms with Crippen molar-refractivity contribution < 1.29 is 14.6 Å². The number of aliphatic hydroxyl groups is 1. The van der Waals surface area contributed by atoms with Gasteiger partial charge in [0.15, 0.2) is 0 Å². The van der Waals surface area contributed by atoms with Crippen molar-refractivity contribution in [2.45, 2.75) is 25.4 Å². The maximum Gasteiger partial charge on any atom is 0.220 e. The molecule has 0 spiro atoms. The summed E-state index contributed by atoms with van der Waals surface area (Å²) in [5, 5.41) is 14.6. The first-order valence-corrected chi connectivity index (χ1v) is 7.60. The molecule has 0 radical (unpaired) electrons. The molecule has 2 aromatic carbocycles. The molecule has 1 unspecified atom stereocenters. The molecule has 4 nitrogen and oxygen atoms in total. The third kappa shape index (κ3) is 5.13. The van der Waals surface area contributed by atoms with Crippen molar-refractivity contribution in [2.24, 2.45) is 0 Å². The zero-order valence-corrected chi connectivity index (χ0v) is 12.9. The van der Waals surface area contributed by atoms with Gasteiger partial charge < -0.3 is 15.2 Å². The number of methoxy groups -OCH3 is 1.